The molecule has 0 radical (unpaired) electrons. The maximum atomic E-state index is 11.8. The molecule has 0 aromatic heterocycles. The number of hydrogen-bond donors (Lipinski definition) is 2. The van der Waals surface area contributed by atoms with E-state index in [1.165, 1.54) is 6.07 Å². The quantitative estimate of drug-likeness (QED) is 0.0553. The van der Waals surface area contributed by atoms with Gasteiger partial charge in [0.25, 0.3) is 11.4 Å². The van der Waals surface area contributed by atoms with E-state index in [9.17, 15) is 20.2 Å². The Balaban J connectivity index is 0.000000952. The number of nitrogens with one attached hydrogen (secondary N) is 1. The van der Waals surface area contributed by atoms with Crippen molar-refractivity contribution >= 4 is 34.1 Å². The van der Waals surface area contributed by atoms with Gasteiger partial charge in [0, 0.05) is 41.3 Å². The van der Waals surface area contributed by atoms with Crippen LogP contribution in [0.3, 0.4) is 0 Å². The van der Waals surface area contributed by atoms with Crippen LogP contribution >= 0.6 is 0 Å². The van der Waals surface area contributed by atoms with E-state index in [0.29, 0.717) is 17.2 Å². The van der Waals surface area contributed by atoms with Crippen molar-refractivity contribution in [3.63, 3.8) is 0 Å². The lowest BCUT2D eigenvalue weighted by atomic mass is 9.75. The number of nitro benzene ring substituents is 2. The molecule has 0 bridgehead atoms. The molecule has 2 aromatic rings. The summed E-state index contributed by atoms with van der Waals surface area (Å²) < 4.78 is 2.21. The number of nitro groups is 2. The van der Waals surface area contributed by atoms with E-state index in [-0.39, 0.29) is 26.8 Å². The van der Waals surface area contributed by atoms with Crippen LogP contribution in [0.5, 0.6) is 0 Å². The number of non-ortho nitro benzene ring substituents is 1. The van der Waals surface area contributed by atoms with Crippen molar-refractivity contribution in [1.82, 2.24) is 0 Å². The molecule has 2 aliphatic rings. The van der Waals surface area contributed by atoms with Gasteiger partial charge < -0.3 is 11.1 Å². The number of hydrogen-bond acceptors (Lipinski definition) is 6. The highest BCUT2D eigenvalue weighted by atomic mass is 16.6. The zero-order chi connectivity index (χ0) is 36.0. The number of nitrogens with two attached hydrogens (primary N) is 1. The standard InChI is InChI=1S/C33H40N5O4.C6H12/c1-21(2)15-16-36-27-20-25(37(39)40)19-26-31(27)33(7,35-26)29(36)14-12-10-8-9-11-13-23(4)32(5,6)30-22(3)17-24(34)18-28(30)38(41)42;1-4-5-6(2)3/h8-14,17-21,35H,15-16,34H2,1-7H3;4,6H,1,5H2,2-3H3/q+1;/b10-8+,11-9+,14-12+,23-13-;. The van der Waals surface area contributed by atoms with E-state index >= 15 is 0 Å². The van der Waals surface area contributed by atoms with Gasteiger partial charge in [-0.3, -0.25) is 20.2 Å². The molecule has 256 valence electrons. The van der Waals surface area contributed by atoms with Crippen molar-refractivity contribution < 1.29 is 14.4 Å². The van der Waals surface area contributed by atoms with Crippen LogP contribution in [-0.4, -0.2) is 26.7 Å². The van der Waals surface area contributed by atoms with Crippen LogP contribution in [0.4, 0.5) is 28.4 Å². The molecule has 2 aromatic carbocycles. The molecule has 2 heterocycles. The van der Waals surface area contributed by atoms with E-state index in [1.54, 1.807) is 18.2 Å². The van der Waals surface area contributed by atoms with Gasteiger partial charge in [0.15, 0.2) is 5.54 Å². The summed E-state index contributed by atoms with van der Waals surface area (Å²) in [6.07, 6.45) is 17.8. The number of rotatable bonds is 13. The van der Waals surface area contributed by atoms with Gasteiger partial charge in [-0.15, -0.1) is 6.58 Å². The molecule has 0 saturated carbocycles. The molecule has 2 aliphatic heterocycles. The lowest BCUT2D eigenvalue weighted by Crippen LogP contribution is -2.46. The molecule has 9 heteroatoms. The molecule has 0 amide bonds. The Morgan fingerprint density at radius 1 is 1.02 bits per heavy atom. The maximum absolute atomic E-state index is 11.8. The van der Waals surface area contributed by atoms with Gasteiger partial charge in [0.1, 0.15) is 6.54 Å². The smallest absolute Gasteiger partial charge is 0.278 e. The number of allylic oxidation sites excluding steroid dienone is 8. The predicted molar refractivity (Wildman–Crippen MR) is 199 cm³/mol. The summed E-state index contributed by atoms with van der Waals surface area (Å²) >= 11 is 0. The first-order valence-corrected chi connectivity index (χ1v) is 16.6. The molecule has 0 fully saturated rings. The van der Waals surface area contributed by atoms with Gasteiger partial charge in [0.2, 0.25) is 11.4 Å². The van der Waals surface area contributed by atoms with Gasteiger partial charge in [-0.05, 0) is 50.7 Å². The SMILES string of the molecule is C/C(=C/C=C/C=C/C=C/C1=[N+](CCC(C)C)c2cc([N+](=O)[O-])cc3c2C1(C)N3)C(C)(C)c1c(C)cc(N)cc1[N+](=O)[O-].C=CCC(C)C. The summed E-state index contributed by atoms with van der Waals surface area (Å²) in [6, 6.07) is 6.50. The number of anilines is 2. The van der Waals surface area contributed by atoms with Gasteiger partial charge >= 0.3 is 0 Å². The molecule has 48 heavy (non-hydrogen) atoms. The van der Waals surface area contributed by atoms with Crippen LogP contribution in [0.1, 0.15) is 84.9 Å². The second kappa shape index (κ2) is 15.4. The third kappa shape index (κ3) is 8.19. The van der Waals surface area contributed by atoms with Crippen molar-refractivity contribution in [3.05, 3.63) is 122 Å². The minimum absolute atomic E-state index is 0.0321. The van der Waals surface area contributed by atoms with E-state index < -0.39 is 5.41 Å². The number of aryl methyl sites for hydroxylation is 1. The number of benzene rings is 2. The van der Waals surface area contributed by atoms with Crippen LogP contribution in [0.15, 0.2) is 85.0 Å². The summed E-state index contributed by atoms with van der Waals surface area (Å²) in [5.41, 5.74) is 11.8. The molecule has 1 atom stereocenters. The highest BCUT2D eigenvalue weighted by molar-refractivity contribution is 6.10. The highest BCUT2D eigenvalue weighted by Gasteiger charge is 2.56. The Bertz CT molecular complexity index is 1730. The second-order valence-electron chi connectivity index (χ2n) is 14.1. The van der Waals surface area contributed by atoms with Crippen molar-refractivity contribution in [2.75, 3.05) is 17.6 Å². The lowest BCUT2D eigenvalue weighted by Gasteiger charge is -2.36. The molecule has 1 unspecified atom stereocenters. The molecule has 0 spiro atoms. The second-order valence-corrected chi connectivity index (χ2v) is 14.1. The fourth-order valence-corrected chi connectivity index (χ4v) is 6.33. The highest BCUT2D eigenvalue weighted by Crippen LogP contribution is 2.53. The first kappa shape index (κ1) is 37.7. The Morgan fingerprint density at radius 2 is 1.67 bits per heavy atom. The maximum Gasteiger partial charge on any atom is 0.278 e. The van der Waals surface area contributed by atoms with Crippen molar-refractivity contribution in [2.45, 2.75) is 86.1 Å². The Labute approximate surface area is 285 Å². The molecular weight excluding hydrogens is 602 g/mol. The zero-order valence-corrected chi connectivity index (χ0v) is 30.0. The molecule has 4 rings (SSSR count). The summed E-state index contributed by atoms with van der Waals surface area (Å²) in [7, 11) is 0. The van der Waals surface area contributed by atoms with E-state index in [0.717, 1.165) is 59.1 Å². The topological polar surface area (TPSA) is 127 Å². The van der Waals surface area contributed by atoms with Crippen LogP contribution < -0.4 is 11.1 Å². The van der Waals surface area contributed by atoms with Crippen molar-refractivity contribution in [1.29, 1.82) is 0 Å². The molecular formula is C39H52N5O4+. The normalized spacial score (nSPS) is 17.2. The van der Waals surface area contributed by atoms with Crippen LogP contribution in [0, 0.1) is 39.0 Å². The van der Waals surface area contributed by atoms with Crippen LogP contribution in [0.2, 0.25) is 0 Å². The fraction of sp³-hybridized carbons (Fsp3) is 0.410. The molecule has 3 N–H and O–H groups in total. The van der Waals surface area contributed by atoms with Crippen molar-refractivity contribution in [2.24, 2.45) is 11.8 Å². The Morgan fingerprint density at radius 3 is 2.23 bits per heavy atom. The minimum atomic E-state index is -0.569. The lowest BCUT2D eigenvalue weighted by molar-refractivity contribution is -0.440. The average molecular weight is 655 g/mol. The van der Waals surface area contributed by atoms with E-state index in [4.69, 9.17) is 5.73 Å². The van der Waals surface area contributed by atoms with Crippen LogP contribution in [-0.2, 0) is 11.0 Å². The van der Waals surface area contributed by atoms with Gasteiger partial charge in [0.05, 0.1) is 27.2 Å². The minimum Gasteiger partial charge on any atom is -0.399 e. The Hall–Kier alpha value is -4.79. The molecule has 9 nitrogen and oxygen atoms in total. The summed E-state index contributed by atoms with van der Waals surface area (Å²) in [5.74, 6) is 1.28. The van der Waals surface area contributed by atoms with Gasteiger partial charge in [-0.2, -0.15) is 4.58 Å². The summed E-state index contributed by atoms with van der Waals surface area (Å²) in [6.45, 7) is 23.0. The number of nitrogens with zero attached hydrogens (tertiary/aromatic N) is 3. The monoisotopic (exact) mass is 654 g/mol. The molecule has 0 saturated heterocycles. The largest absolute Gasteiger partial charge is 0.399 e. The number of nitrogen functional groups attached to an aromatic ring is 1. The zero-order valence-electron chi connectivity index (χ0n) is 30.0. The van der Waals surface area contributed by atoms with E-state index in [1.807, 2.05) is 70.2 Å². The average Bonchev–Trinajstić information content (AvgIpc) is 3.18. The van der Waals surface area contributed by atoms with E-state index in [2.05, 4.69) is 57.2 Å². The van der Waals surface area contributed by atoms with Gasteiger partial charge in [-0.25, -0.2) is 0 Å². The first-order valence-electron chi connectivity index (χ1n) is 16.6. The third-order valence-electron chi connectivity index (χ3n) is 9.05. The predicted octanol–water partition coefficient (Wildman–Crippen LogP) is 9.99. The summed E-state index contributed by atoms with van der Waals surface area (Å²) in [4.78, 5) is 22.6. The van der Waals surface area contributed by atoms with Gasteiger partial charge in [-0.1, -0.05) is 89.6 Å². The Kier molecular flexibility index (Phi) is 12.1. The first-order chi connectivity index (χ1) is 22.4. The van der Waals surface area contributed by atoms with Crippen LogP contribution in [0.25, 0.3) is 0 Å². The third-order valence-corrected chi connectivity index (χ3v) is 9.05. The summed E-state index contributed by atoms with van der Waals surface area (Å²) in [5, 5.41) is 26.7. The molecule has 0 aliphatic carbocycles. The fourth-order valence-electron chi connectivity index (χ4n) is 6.33. The van der Waals surface area contributed by atoms with Crippen molar-refractivity contribution in [3.8, 4) is 0 Å².